The summed E-state index contributed by atoms with van der Waals surface area (Å²) in [6.45, 7) is 5.81. The number of rotatable bonds is 3. The lowest BCUT2D eigenvalue weighted by atomic mass is 9.67. The van der Waals surface area contributed by atoms with Crippen LogP contribution in [0.2, 0.25) is 0 Å². The fourth-order valence-corrected chi connectivity index (χ4v) is 4.14. The maximum Gasteiger partial charge on any atom is 0.253 e. The third kappa shape index (κ3) is 2.58. The van der Waals surface area contributed by atoms with Gasteiger partial charge in [0.1, 0.15) is 0 Å². The number of carbonyl (C=O) groups excluding carboxylic acids is 1. The summed E-state index contributed by atoms with van der Waals surface area (Å²) in [6, 6.07) is 1.95. The summed E-state index contributed by atoms with van der Waals surface area (Å²) >= 11 is 0. The Bertz CT molecular complexity index is 637. The molecule has 22 heavy (non-hydrogen) atoms. The van der Waals surface area contributed by atoms with Crippen LogP contribution in [0.4, 0.5) is 0 Å². The molecule has 1 saturated carbocycles. The quantitative estimate of drug-likeness (QED) is 0.790. The van der Waals surface area contributed by atoms with Gasteiger partial charge in [-0.3, -0.25) is 9.59 Å². The molecule has 2 fully saturated rings. The average Bonchev–Trinajstić information content (AvgIpc) is 2.91. The van der Waals surface area contributed by atoms with Gasteiger partial charge in [-0.05, 0) is 50.8 Å². The average molecular weight is 303 g/mol. The largest absolute Gasteiger partial charge is 0.351 e. The molecule has 0 spiro atoms. The third-order valence-corrected chi connectivity index (χ3v) is 5.41. The predicted molar refractivity (Wildman–Crippen MR) is 85.6 cm³/mol. The first-order valence-corrected chi connectivity index (χ1v) is 8.21. The monoisotopic (exact) mass is 303 g/mol. The Balaban J connectivity index is 1.74. The van der Waals surface area contributed by atoms with E-state index in [0.717, 1.165) is 43.6 Å². The van der Waals surface area contributed by atoms with Gasteiger partial charge in [0.2, 0.25) is 5.91 Å². The molecule has 1 saturated heterocycles. The second-order valence-corrected chi connectivity index (χ2v) is 6.86. The Hall–Kier alpha value is -1.62. The van der Waals surface area contributed by atoms with Gasteiger partial charge in [-0.15, -0.1) is 0 Å². The number of hydrogen-bond donors (Lipinski definition) is 3. The number of pyridine rings is 1. The Labute approximate surface area is 130 Å². The topological polar surface area (TPSA) is 74.0 Å². The van der Waals surface area contributed by atoms with Gasteiger partial charge in [-0.25, -0.2) is 0 Å². The van der Waals surface area contributed by atoms with Gasteiger partial charge in [-0.2, -0.15) is 0 Å². The van der Waals surface area contributed by atoms with Gasteiger partial charge >= 0.3 is 0 Å². The Kier molecular flexibility index (Phi) is 4.08. The SMILES string of the molecule is Cc1cc(C)c(CNC(=O)[C@@]23CCCC[C@H]2CNC3)c(=O)[nH]1. The normalized spacial score (nSPS) is 27.5. The summed E-state index contributed by atoms with van der Waals surface area (Å²) in [7, 11) is 0. The number of nitrogens with one attached hydrogen (secondary N) is 3. The summed E-state index contributed by atoms with van der Waals surface area (Å²) in [4.78, 5) is 27.7. The van der Waals surface area contributed by atoms with Crippen molar-refractivity contribution in [1.29, 1.82) is 0 Å². The molecule has 5 heteroatoms. The van der Waals surface area contributed by atoms with Crippen molar-refractivity contribution in [2.75, 3.05) is 13.1 Å². The molecular weight excluding hydrogens is 278 g/mol. The van der Waals surface area contributed by atoms with E-state index >= 15 is 0 Å². The maximum atomic E-state index is 12.8. The molecule has 1 aromatic rings. The van der Waals surface area contributed by atoms with Gasteiger partial charge in [0, 0.05) is 24.3 Å². The smallest absolute Gasteiger partial charge is 0.253 e. The van der Waals surface area contributed by atoms with E-state index in [2.05, 4.69) is 15.6 Å². The molecule has 1 amide bonds. The molecule has 0 bridgehead atoms. The summed E-state index contributed by atoms with van der Waals surface area (Å²) in [5.74, 6) is 0.556. The molecule has 2 atom stereocenters. The van der Waals surface area contributed by atoms with Crippen molar-refractivity contribution in [2.45, 2.75) is 46.1 Å². The Morgan fingerprint density at radius 2 is 2.23 bits per heavy atom. The zero-order chi connectivity index (χ0) is 15.7. The second kappa shape index (κ2) is 5.88. The van der Waals surface area contributed by atoms with E-state index in [9.17, 15) is 9.59 Å². The number of H-pyrrole nitrogens is 1. The van der Waals surface area contributed by atoms with Crippen LogP contribution in [-0.2, 0) is 11.3 Å². The molecule has 5 nitrogen and oxygen atoms in total. The third-order valence-electron chi connectivity index (χ3n) is 5.41. The zero-order valence-electron chi connectivity index (χ0n) is 13.4. The van der Waals surface area contributed by atoms with Gasteiger partial charge in [-0.1, -0.05) is 12.8 Å². The van der Waals surface area contributed by atoms with Gasteiger partial charge in [0.25, 0.3) is 5.56 Å². The summed E-state index contributed by atoms with van der Waals surface area (Å²) in [5.41, 5.74) is 2.09. The number of fused-ring (bicyclic) bond motifs is 1. The van der Waals surface area contributed by atoms with Crippen molar-refractivity contribution in [3.05, 3.63) is 33.2 Å². The Morgan fingerprint density at radius 3 is 3.00 bits per heavy atom. The van der Waals surface area contributed by atoms with Crippen LogP contribution >= 0.6 is 0 Å². The first-order valence-electron chi connectivity index (χ1n) is 8.21. The molecule has 0 radical (unpaired) electrons. The molecular formula is C17H25N3O2. The first-order chi connectivity index (χ1) is 10.5. The maximum absolute atomic E-state index is 12.8. The summed E-state index contributed by atoms with van der Waals surface area (Å²) in [6.07, 6.45) is 4.43. The number of hydrogen-bond acceptors (Lipinski definition) is 3. The standard InChI is InChI=1S/C17H25N3O2/c1-11-7-12(2)20-15(21)14(11)9-19-16(22)17-6-4-3-5-13(17)8-18-10-17/h7,13,18H,3-6,8-10H2,1-2H3,(H,19,22)(H,20,21)/t13-,17+/m0/s1. The fourth-order valence-electron chi connectivity index (χ4n) is 4.14. The molecule has 3 rings (SSSR count). The van der Waals surface area contributed by atoms with Gasteiger partial charge in [0.05, 0.1) is 5.41 Å². The van der Waals surface area contributed by atoms with Crippen LogP contribution in [0.5, 0.6) is 0 Å². The van der Waals surface area contributed by atoms with E-state index in [1.807, 2.05) is 19.9 Å². The molecule has 2 heterocycles. The molecule has 2 aliphatic rings. The lowest BCUT2D eigenvalue weighted by Gasteiger charge is -2.37. The first kappa shape index (κ1) is 15.3. The highest BCUT2D eigenvalue weighted by Gasteiger charge is 2.49. The van der Waals surface area contributed by atoms with Crippen LogP contribution in [0.15, 0.2) is 10.9 Å². The van der Waals surface area contributed by atoms with Gasteiger partial charge < -0.3 is 15.6 Å². The molecule has 1 aromatic heterocycles. The molecule has 120 valence electrons. The van der Waals surface area contributed by atoms with Crippen LogP contribution in [-0.4, -0.2) is 24.0 Å². The highest BCUT2D eigenvalue weighted by molar-refractivity contribution is 5.83. The number of aromatic amines is 1. The molecule has 0 aromatic carbocycles. The fraction of sp³-hybridized carbons (Fsp3) is 0.647. The van der Waals surface area contributed by atoms with Crippen molar-refractivity contribution in [3.8, 4) is 0 Å². The van der Waals surface area contributed by atoms with E-state index in [-0.39, 0.29) is 16.9 Å². The van der Waals surface area contributed by atoms with Crippen molar-refractivity contribution < 1.29 is 4.79 Å². The molecule has 1 aliphatic heterocycles. The zero-order valence-corrected chi connectivity index (χ0v) is 13.4. The van der Waals surface area contributed by atoms with E-state index in [0.29, 0.717) is 18.0 Å². The Morgan fingerprint density at radius 1 is 1.41 bits per heavy atom. The minimum absolute atomic E-state index is 0.0972. The van der Waals surface area contributed by atoms with E-state index in [1.165, 1.54) is 6.42 Å². The summed E-state index contributed by atoms with van der Waals surface area (Å²) in [5, 5.41) is 6.42. The van der Waals surface area contributed by atoms with Gasteiger partial charge in [0.15, 0.2) is 0 Å². The highest BCUT2D eigenvalue weighted by Crippen LogP contribution is 2.43. The minimum Gasteiger partial charge on any atom is -0.351 e. The van der Waals surface area contributed by atoms with Crippen LogP contribution in [0.1, 0.15) is 42.5 Å². The van der Waals surface area contributed by atoms with Crippen molar-refractivity contribution >= 4 is 5.91 Å². The van der Waals surface area contributed by atoms with E-state index in [1.54, 1.807) is 0 Å². The number of aromatic nitrogens is 1. The predicted octanol–water partition coefficient (Wildman–Crippen LogP) is 1.39. The number of amides is 1. The van der Waals surface area contributed by atoms with E-state index in [4.69, 9.17) is 0 Å². The van der Waals surface area contributed by atoms with Crippen molar-refractivity contribution in [2.24, 2.45) is 11.3 Å². The minimum atomic E-state index is -0.260. The van der Waals surface area contributed by atoms with Crippen LogP contribution in [0.3, 0.4) is 0 Å². The molecule has 1 aliphatic carbocycles. The second-order valence-electron chi connectivity index (χ2n) is 6.86. The number of carbonyl (C=O) groups is 1. The lowest BCUT2D eigenvalue weighted by molar-refractivity contribution is -0.134. The molecule has 0 unspecified atom stereocenters. The molecule has 3 N–H and O–H groups in total. The lowest BCUT2D eigenvalue weighted by Crippen LogP contribution is -2.48. The van der Waals surface area contributed by atoms with Crippen LogP contribution in [0.25, 0.3) is 0 Å². The van der Waals surface area contributed by atoms with Crippen molar-refractivity contribution in [3.63, 3.8) is 0 Å². The highest BCUT2D eigenvalue weighted by atomic mass is 16.2. The number of aryl methyl sites for hydroxylation is 2. The van der Waals surface area contributed by atoms with Crippen LogP contribution in [0, 0.1) is 25.2 Å². The van der Waals surface area contributed by atoms with Crippen molar-refractivity contribution in [1.82, 2.24) is 15.6 Å². The summed E-state index contributed by atoms with van der Waals surface area (Å²) < 4.78 is 0. The van der Waals surface area contributed by atoms with E-state index < -0.39 is 0 Å². The van der Waals surface area contributed by atoms with Crippen LogP contribution < -0.4 is 16.2 Å².